The van der Waals surface area contributed by atoms with Gasteiger partial charge in [0, 0.05) is 13.6 Å². The van der Waals surface area contributed by atoms with Crippen LogP contribution in [0.3, 0.4) is 0 Å². The Labute approximate surface area is 129 Å². The van der Waals surface area contributed by atoms with Crippen LogP contribution in [0.25, 0.3) is 0 Å². The molecule has 0 radical (unpaired) electrons. The zero-order chi connectivity index (χ0) is 16.5. The van der Waals surface area contributed by atoms with E-state index in [0.29, 0.717) is 11.5 Å². The molecular formula is C15H18N2O5. The number of amides is 1. The van der Waals surface area contributed by atoms with Gasteiger partial charge >= 0.3 is 5.97 Å². The molecule has 7 heteroatoms. The van der Waals surface area contributed by atoms with Crippen LogP contribution in [0.5, 0.6) is 11.5 Å². The molecule has 0 unspecified atom stereocenters. The van der Waals surface area contributed by atoms with Crippen molar-refractivity contribution >= 4 is 11.9 Å². The average Bonchev–Trinajstić information content (AvgIpc) is 2.56. The van der Waals surface area contributed by atoms with Gasteiger partial charge in [-0.1, -0.05) is 0 Å². The van der Waals surface area contributed by atoms with Crippen LogP contribution in [0.2, 0.25) is 0 Å². The second kappa shape index (κ2) is 8.52. The fourth-order valence-corrected chi connectivity index (χ4v) is 1.63. The Morgan fingerprint density at radius 2 is 2.00 bits per heavy atom. The quantitative estimate of drug-likeness (QED) is 0.704. The first-order valence-electron chi connectivity index (χ1n) is 6.53. The first-order chi connectivity index (χ1) is 10.5. The second-order valence-corrected chi connectivity index (χ2v) is 4.37. The molecule has 0 spiro atoms. The minimum absolute atomic E-state index is 0.175. The second-order valence-electron chi connectivity index (χ2n) is 4.37. The molecule has 118 valence electrons. The van der Waals surface area contributed by atoms with Crippen molar-refractivity contribution in [3.05, 3.63) is 23.8 Å². The van der Waals surface area contributed by atoms with E-state index in [2.05, 4.69) is 0 Å². The van der Waals surface area contributed by atoms with E-state index < -0.39 is 12.6 Å². The minimum atomic E-state index is -0.683. The molecule has 0 aliphatic heterocycles. The Bertz CT molecular complexity index is 580. The summed E-state index contributed by atoms with van der Waals surface area (Å²) >= 11 is 0. The standard InChI is InChI=1S/C15H18N2O5/c1-17(8-4-7-16)14(18)10-22-15(19)12-9-11(20-2)5-6-13(12)21-3/h5-6,9H,4,8,10H2,1-3H3. The molecule has 1 amide bonds. The normalized spacial score (nSPS) is 9.55. The molecule has 22 heavy (non-hydrogen) atoms. The number of benzene rings is 1. The van der Waals surface area contributed by atoms with Crippen molar-refractivity contribution in [2.24, 2.45) is 0 Å². The highest BCUT2D eigenvalue weighted by atomic mass is 16.5. The van der Waals surface area contributed by atoms with Crippen molar-refractivity contribution in [1.29, 1.82) is 5.26 Å². The summed E-state index contributed by atoms with van der Waals surface area (Å²) in [4.78, 5) is 25.1. The van der Waals surface area contributed by atoms with Crippen molar-refractivity contribution in [3.63, 3.8) is 0 Å². The third-order valence-electron chi connectivity index (χ3n) is 2.94. The van der Waals surface area contributed by atoms with Crippen LogP contribution in [0.15, 0.2) is 18.2 Å². The summed E-state index contributed by atoms with van der Waals surface area (Å²) in [5.74, 6) is -0.260. The molecule has 0 aromatic heterocycles. The van der Waals surface area contributed by atoms with E-state index in [0.717, 1.165) is 0 Å². The van der Waals surface area contributed by atoms with Gasteiger partial charge in [-0.15, -0.1) is 0 Å². The molecule has 1 aromatic carbocycles. The first-order valence-corrected chi connectivity index (χ1v) is 6.53. The molecule has 0 saturated carbocycles. The van der Waals surface area contributed by atoms with E-state index in [-0.39, 0.29) is 24.4 Å². The summed E-state index contributed by atoms with van der Waals surface area (Å²) in [6.45, 7) is -0.115. The van der Waals surface area contributed by atoms with Crippen LogP contribution < -0.4 is 9.47 Å². The third kappa shape index (κ3) is 4.66. The summed E-state index contributed by atoms with van der Waals surface area (Å²) in [5, 5.41) is 8.47. The van der Waals surface area contributed by atoms with E-state index >= 15 is 0 Å². The molecule has 0 N–H and O–H groups in total. The lowest BCUT2D eigenvalue weighted by atomic mass is 10.2. The summed E-state index contributed by atoms with van der Waals surface area (Å²) in [6.07, 6.45) is 0.222. The Hall–Kier alpha value is -2.75. The van der Waals surface area contributed by atoms with Crippen molar-refractivity contribution in [1.82, 2.24) is 4.90 Å². The lowest BCUT2D eigenvalue weighted by Crippen LogP contribution is -2.32. The summed E-state index contributed by atoms with van der Waals surface area (Å²) in [7, 11) is 4.45. The zero-order valence-corrected chi connectivity index (χ0v) is 12.8. The first kappa shape index (κ1) is 17.3. The Kier molecular flexibility index (Phi) is 6.70. The maximum atomic E-state index is 12.1. The van der Waals surface area contributed by atoms with Gasteiger partial charge in [0.05, 0.1) is 26.7 Å². The maximum absolute atomic E-state index is 12.1. The number of hydrogen-bond donors (Lipinski definition) is 0. The summed E-state index contributed by atoms with van der Waals surface area (Å²) in [6, 6.07) is 6.65. The SMILES string of the molecule is COc1ccc(OC)c(C(=O)OCC(=O)N(C)CCC#N)c1. The average molecular weight is 306 g/mol. The van der Waals surface area contributed by atoms with E-state index in [1.165, 1.54) is 25.2 Å². The number of methoxy groups -OCH3 is 2. The number of ether oxygens (including phenoxy) is 3. The molecule has 0 fully saturated rings. The van der Waals surface area contributed by atoms with Crippen LogP contribution in [0.1, 0.15) is 16.8 Å². The Balaban J connectivity index is 2.69. The molecule has 0 atom stereocenters. The highest BCUT2D eigenvalue weighted by Gasteiger charge is 2.17. The minimum Gasteiger partial charge on any atom is -0.497 e. The lowest BCUT2D eigenvalue weighted by Gasteiger charge is -2.15. The van der Waals surface area contributed by atoms with Gasteiger partial charge in [0.2, 0.25) is 0 Å². The largest absolute Gasteiger partial charge is 0.497 e. The van der Waals surface area contributed by atoms with Crippen LogP contribution in [-0.2, 0) is 9.53 Å². The van der Waals surface area contributed by atoms with Crippen LogP contribution >= 0.6 is 0 Å². The zero-order valence-electron chi connectivity index (χ0n) is 12.8. The highest BCUT2D eigenvalue weighted by Crippen LogP contribution is 2.24. The molecule has 0 aliphatic carbocycles. The van der Waals surface area contributed by atoms with Crippen molar-refractivity contribution < 1.29 is 23.8 Å². The molecule has 0 saturated heterocycles. The number of esters is 1. The van der Waals surface area contributed by atoms with Gasteiger partial charge in [0.25, 0.3) is 5.91 Å². The fourth-order valence-electron chi connectivity index (χ4n) is 1.63. The van der Waals surface area contributed by atoms with Crippen molar-refractivity contribution in [3.8, 4) is 17.6 Å². The van der Waals surface area contributed by atoms with Gasteiger partial charge in [0.1, 0.15) is 17.1 Å². The topological polar surface area (TPSA) is 88.9 Å². The predicted molar refractivity (Wildman–Crippen MR) is 77.7 cm³/mol. The smallest absolute Gasteiger partial charge is 0.342 e. The van der Waals surface area contributed by atoms with Crippen molar-refractivity contribution in [2.75, 3.05) is 34.4 Å². The fraction of sp³-hybridized carbons (Fsp3) is 0.400. The molecule has 0 aliphatic rings. The van der Waals surface area contributed by atoms with Crippen LogP contribution in [-0.4, -0.2) is 51.2 Å². The van der Waals surface area contributed by atoms with E-state index in [9.17, 15) is 9.59 Å². The van der Waals surface area contributed by atoms with Gasteiger partial charge in [-0.25, -0.2) is 4.79 Å². The van der Waals surface area contributed by atoms with Gasteiger partial charge in [0.15, 0.2) is 6.61 Å². The monoisotopic (exact) mass is 306 g/mol. The van der Waals surface area contributed by atoms with Crippen molar-refractivity contribution in [2.45, 2.75) is 6.42 Å². The number of carbonyl (C=O) groups excluding carboxylic acids is 2. The predicted octanol–water partition coefficient (Wildman–Crippen LogP) is 1.23. The van der Waals surface area contributed by atoms with Gasteiger partial charge in [-0.3, -0.25) is 4.79 Å². The molecule has 0 bridgehead atoms. The van der Waals surface area contributed by atoms with E-state index in [1.807, 2.05) is 6.07 Å². The number of likely N-dealkylation sites (N-methyl/N-ethyl adjacent to an activating group) is 1. The van der Waals surface area contributed by atoms with Gasteiger partial charge in [-0.2, -0.15) is 5.26 Å². The van der Waals surface area contributed by atoms with Gasteiger partial charge < -0.3 is 19.1 Å². The van der Waals surface area contributed by atoms with Crippen LogP contribution in [0.4, 0.5) is 0 Å². The van der Waals surface area contributed by atoms with E-state index in [4.69, 9.17) is 19.5 Å². The molecule has 0 heterocycles. The number of rotatable bonds is 7. The molecule has 7 nitrogen and oxygen atoms in total. The third-order valence-corrected chi connectivity index (χ3v) is 2.94. The van der Waals surface area contributed by atoms with Gasteiger partial charge in [-0.05, 0) is 18.2 Å². The number of carbonyl (C=O) groups is 2. The van der Waals surface area contributed by atoms with Crippen LogP contribution in [0, 0.1) is 11.3 Å². The number of nitrogens with zero attached hydrogens (tertiary/aromatic N) is 2. The Morgan fingerprint density at radius 1 is 1.27 bits per heavy atom. The van der Waals surface area contributed by atoms with E-state index in [1.54, 1.807) is 19.2 Å². The molecule has 1 aromatic rings. The molecular weight excluding hydrogens is 288 g/mol. The number of hydrogen-bond acceptors (Lipinski definition) is 6. The number of nitriles is 1. The highest BCUT2D eigenvalue weighted by molar-refractivity contribution is 5.94. The lowest BCUT2D eigenvalue weighted by molar-refractivity contribution is -0.133. The Morgan fingerprint density at radius 3 is 2.59 bits per heavy atom. The molecule has 1 rings (SSSR count). The summed E-state index contributed by atoms with van der Waals surface area (Å²) in [5.41, 5.74) is 0.175. The summed E-state index contributed by atoms with van der Waals surface area (Å²) < 4.78 is 15.1. The maximum Gasteiger partial charge on any atom is 0.342 e.